The molecule has 0 aromatic carbocycles. The summed E-state index contributed by atoms with van der Waals surface area (Å²) in [5, 5.41) is 2.55. The summed E-state index contributed by atoms with van der Waals surface area (Å²) in [6, 6.07) is 0. The van der Waals surface area contributed by atoms with Gasteiger partial charge in [0.1, 0.15) is 0 Å². The topological polar surface area (TPSA) is 49.4 Å². The van der Waals surface area contributed by atoms with Crippen molar-refractivity contribution in [1.29, 1.82) is 0 Å². The molecule has 0 aromatic rings. The Hall–Kier alpha value is -1.06. The Kier molecular flexibility index (Phi) is 2.68. The Labute approximate surface area is 71.9 Å². The maximum atomic E-state index is 11.2. The van der Waals surface area contributed by atoms with Gasteiger partial charge in [0.05, 0.1) is 5.92 Å². The van der Waals surface area contributed by atoms with Crippen LogP contribution < -0.4 is 5.32 Å². The number of likely N-dealkylation sites (tertiary alicyclic amines) is 1. The van der Waals surface area contributed by atoms with E-state index < -0.39 is 0 Å². The van der Waals surface area contributed by atoms with Gasteiger partial charge in [-0.2, -0.15) is 0 Å². The van der Waals surface area contributed by atoms with Crippen molar-refractivity contribution in [1.82, 2.24) is 10.2 Å². The maximum Gasteiger partial charge on any atom is 0.225 e. The fraction of sp³-hybridized carbons (Fsp3) is 0.750. The third-order valence-electron chi connectivity index (χ3n) is 2.21. The first-order valence-electron chi connectivity index (χ1n) is 4.18. The van der Waals surface area contributed by atoms with Gasteiger partial charge in [0, 0.05) is 26.6 Å². The maximum absolute atomic E-state index is 11.2. The molecule has 1 N–H and O–H groups in total. The van der Waals surface area contributed by atoms with E-state index in [0.29, 0.717) is 19.5 Å². The number of hydrogen-bond acceptors (Lipinski definition) is 2. The third-order valence-corrected chi connectivity index (χ3v) is 2.21. The highest BCUT2D eigenvalue weighted by Gasteiger charge is 2.32. The number of nitrogens with zero attached hydrogens (tertiary/aromatic N) is 1. The van der Waals surface area contributed by atoms with Crippen LogP contribution in [-0.2, 0) is 9.59 Å². The highest BCUT2D eigenvalue weighted by Crippen LogP contribution is 2.16. The Morgan fingerprint density at radius 3 is 2.83 bits per heavy atom. The van der Waals surface area contributed by atoms with Crippen LogP contribution in [0.1, 0.15) is 13.3 Å². The third kappa shape index (κ3) is 1.57. The SMILES string of the molecule is CCN1CC(C(=O)NC)CC1=O. The number of carbonyl (C=O) groups excluding carboxylic acids is 2. The van der Waals surface area contributed by atoms with Gasteiger partial charge in [-0.05, 0) is 6.92 Å². The Morgan fingerprint density at radius 1 is 1.75 bits per heavy atom. The zero-order valence-corrected chi connectivity index (χ0v) is 7.46. The highest BCUT2D eigenvalue weighted by molar-refractivity contribution is 5.89. The van der Waals surface area contributed by atoms with Gasteiger partial charge in [-0.3, -0.25) is 9.59 Å². The minimum absolute atomic E-state index is 0.0284. The van der Waals surface area contributed by atoms with Crippen molar-refractivity contribution in [2.75, 3.05) is 20.1 Å². The molecule has 1 fully saturated rings. The molecule has 2 amide bonds. The summed E-state index contributed by atoms with van der Waals surface area (Å²) in [4.78, 5) is 24.0. The minimum atomic E-state index is -0.137. The molecule has 68 valence electrons. The van der Waals surface area contributed by atoms with Crippen molar-refractivity contribution in [2.45, 2.75) is 13.3 Å². The van der Waals surface area contributed by atoms with Crippen LogP contribution in [0.2, 0.25) is 0 Å². The van der Waals surface area contributed by atoms with E-state index in [0.717, 1.165) is 0 Å². The van der Waals surface area contributed by atoms with Crippen molar-refractivity contribution in [3.05, 3.63) is 0 Å². The van der Waals surface area contributed by atoms with Crippen molar-refractivity contribution in [3.63, 3.8) is 0 Å². The molecular formula is C8H14N2O2. The summed E-state index contributed by atoms with van der Waals surface area (Å²) in [5.41, 5.74) is 0. The smallest absolute Gasteiger partial charge is 0.225 e. The molecule has 1 saturated heterocycles. The zero-order chi connectivity index (χ0) is 9.14. The molecule has 0 saturated carbocycles. The number of nitrogens with one attached hydrogen (secondary N) is 1. The van der Waals surface area contributed by atoms with Crippen LogP contribution in [0.3, 0.4) is 0 Å². The largest absolute Gasteiger partial charge is 0.359 e. The lowest BCUT2D eigenvalue weighted by molar-refractivity contribution is -0.128. The lowest BCUT2D eigenvalue weighted by Crippen LogP contribution is -2.30. The molecule has 0 radical (unpaired) electrons. The van der Waals surface area contributed by atoms with E-state index in [1.807, 2.05) is 6.92 Å². The number of amides is 2. The minimum Gasteiger partial charge on any atom is -0.359 e. The van der Waals surface area contributed by atoms with E-state index in [-0.39, 0.29) is 17.7 Å². The fourth-order valence-electron chi connectivity index (χ4n) is 1.46. The van der Waals surface area contributed by atoms with Crippen molar-refractivity contribution in [3.8, 4) is 0 Å². The predicted molar refractivity (Wildman–Crippen MR) is 44.4 cm³/mol. The van der Waals surface area contributed by atoms with E-state index in [9.17, 15) is 9.59 Å². The molecule has 1 aliphatic heterocycles. The van der Waals surface area contributed by atoms with Crippen molar-refractivity contribution < 1.29 is 9.59 Å². The molecule has 1 aliphatic rings. The van der Waals surface area contributed by atoms with Crippen LogP contribution in [0.4, 0.5) is 0 Å². The number of carbonyl (C=O) groups is 2. The second-order valence-corrected chi connectivity index (χ2v) is 2.95. The molecule has 0 aliphatic carbocycles. The first-order valence-corrected chi connectivity index (χ1v) is 4.18. The van der Waals surface area contributed by atoms with Gasteiger partial charge in [0.15, 0.2) is 0 Å². The summed E-state index contributed by atoms with van der Waals surface area (Å²) in [7, 11) is 1.60. The van der Waals surface area contributed by atoms with E-state index in [4.69, 9.17) is 0 Å². The van der Waals surface area contributed by atoms with Crippen molar-refractivity contribution in [2.24, 2.45) is 5.92 Å². The first-order chi connectivity index (χ1) is 5.69. The number of rotatable bonds is 2. The monoisotopic (exact) mass is 170 g/mol. The van der Waals surface area contributed by atoms with E-state index in [1.165, 1.54) is 0 Å². The molecule has 1 unspecified atom stereocenters. The average Bonchev–Trinajstić information content (AvgIpc) is 2.45. The second kappa shape index (κ2) is 3.56. The van der Waals surface area contributed by atoms with Gasteiger partial charge >= 0.3 is 0 Å². The summed E-state index contributed by atoms with van der Waals surface area (Å²) >= 11 is 0. The molecule has 1 heterocycles. The normalized spacial score (nSPS) is 23.0. The van der Waals surface area contributed by atoms with Crippen LogP contribution in [0.25, 0.3) is 0 Å². The van der Waals surface area contributed by atoms with Crippen LogP contribution in [-0.4, -0.2) is 36.9 Å². The van der Waals surface area contributed by atoms with Crippen LogP contribution in [0.15, 0.2) is 0 Å². The van der Waals surface area contributed by atoms with Crippen LogP contribution in [0.5, 0.6) is 0 Å². The lowest BCUT2D eigenvalue weighted by atomic mass is 10.1. The van der Waals surface area contributed by atoms with Gasteiger partial charge in [-0.15, -0.1) is 0 Å². The Balaban J connectivity index is 2.54. The van der Waals surface area contributed by atoms with Gasteiger partial charge in [0.2, 0.25) is 11.8 Å². The molecule has 1 rings (SSSR count). The molecule has 0 bridgehead atoms. The molecular weight excluding hydrogens is 156 g/mol. The Morgan fingerprint density at radius 2 is 2.42 bits per heavy atom. The fourth-order valence-corrected chi connectivity index (χ4v) is 1.46. The standard InChI is InChI=1S/C8H14N2O2/c1-3-10-5-6(4-7(10)11)8(12)9-2/h6H,3-5H2,1-2H3,(H,9,12). The van der Waals surface area contributed by atoms with E-state index in [2.05, 4.69) is 5.32 Å². The van der Waals surface area contributed by atoms with Gasteiger partial charge in [-0.25, -0.2) is 0 Å². The van der Waals surface area contributed by atoms with Gasteiger partial charge in [-0.1, -0.05) is 0 Å². The highest BCUT2D eigenvalue weighted by atomic mass is 16.2. The van der Waals surface area contributed by atoms with E-state index >= 15 is 0 Å². The predicted octanol–water partition coefficient (Wildman–Crippen LogP) is -0.399. The summed E-state index contributed by atoms with van der Waals surface area (Å²) in [6.07, 6.45) is 0.369. The molecule has 0 aromatic heterocycles. The van der Waals surface area contributed by atoms with Gasteiger partial charge < -0.3 is 10.2 Å². The van der Waals surface area contributed by atoms with Crippen LogP contribution >= 0.6 is 0 Å². The Bertz CT molecular complexity index is 201. The zero-order valence-electron chi connectivity index (χ0n) is 7.46. The average molecular weight is 170 g/mol. The first kappa shape index (κ1) is 9.03. The molecule has 1 atom stereocenters. The summed E-state index contributed by atoms with van der Waals surface area (Å²) in [6.45, 7) is 3.20. The van der Waals surface area contributed by atoms with Crippen molar-refractivity contribution >= 4 is 11.8 Å². The molecule has 4 nitrogen and oxygen atoms in total. The number of hydrogen-bond donors (Lipinski definition) is 1. The quantitative estimate of drug-likeness (QED) is 0.613. The lowest BCUT2D eigenvalue weighted by Gasteiger charge is -2.12. The summed E-state index contributed by atoms with van der Waals surface area (Å²) < 4.78 is 0. The van der Waals surface area contributed by atoms with E-state index in [1.54, 1.807) is 11.9 Å². The molecule has 4 heteroatoms. The molecule has 0 spiro atoms. The van der Waals surface area contributed by atoms with Crippen LogP contribution in [0, 0.1) is 5.92 Å². The second-order valence-electron chi connectivity index (χ2n) is 2.95. The molecule has 12 heavy (non-hydrogen) atoms. The summed E-state index contributed by atoms with van der Waals surface area (Å²) in [5.74, 6) is -0.0761. The van der Waals surface area contributed by atoms with Gasteiger partial charge in [0.25, 0.3) is 0 Å².